The molecule has 1 aliphatic heterocycles. The highest BCUT2D eigenvalue weighted by molar-refractivity contribution is 7.93. The minimum Gasteiger partial charge on any atom is -0.493 e. The van der Waals surface area contributed by atoms with Crippen molar-refractivity contribution in [1.82, 2.24) is 10.3 Å². The van der Waals surface area contributed by atoms with Gasteiger partial charge in [-0.25, -0.2) is 17.8 Å². The fraction of sp³-hybridized carbons (Fsp3) is 0.345. The van der Waals surface area contributed by atoms with Gasteiger partial charge < -0.3 is 14.6 Å². The number of carboxylic acids is 1. The van der Waals surface area contributed by atoms with Crippen LogP contribution in [0.3, 0.4) is 0 Å². The SMILES string of the molecule is Cc1cc(NS(=O)(=O)c2cccc3nonc23)c(C)c(C(OC(C)(C)C)C(=O)O)c1-c1ccc2c(c1)CCCO2. The molecule has 0 spiro atoms. The molecule has 0 fully saturated rings. The molecule has 1 aromatic heterocycles. The maximum atomic E-state index is 13.6. The first-order valence-electron chi connectivity index (χ1n) is 12.9. The first kappa shape index (κ1) is 27.6. The van der Waals surface area contributed by atoms with Gasteiger partial charge in [0.25, 0.3) is 10.0 Å². The average molecular weight is 566 g/mol. The summed E-state index contributed by atoms with van der Waals surface area (Å²) in [5, 5.41) is 17.8. The normalized spacial score (nSPS) is 14.4. The van der Waals surface area contributed by atoms with Gasteiger partial charge in [0.2, 0.25) is 0 Å². The van der Waals surface area contributed by atoms with Crippen molar-refractivity contribution in [1.29, 1.82) is 0 Å². The lowest BCUT2D eigenvalue weighted by atomic mass is 9.86. The predicted octanol–water partition coefficient (Wildman–Crippen LogP) is 5.57. The Morgan fingerprint density at radius 1 is 1.12 bits per heavy atom. The quantitative estimate of drug-likeness (QED) is 0.294. The van der Waals surface area contributed by atoms with Gasteiger partial charge in [-0.15, -0.1) is 0 Å². The van der Waals surface area contributed by atoms with Gasteiger partial charge in [0.15, 0.2) is 11.6 Å². The molecule has 0 saturated carbocycles. The van der Waals surface area contributed by atoms with Crippen molar-refractivity contribution in [2.45, 2.75) is 64.1 Å². The fourth-order valence-corrected chi connectivity index (χ4v) is 6.32. The monoisotopic (exact) mass is 565 g/mol. The van der Waals surface area contributed by atoms with E-state index in [1.807, 2.05) is 25.1 Å². The summed E-state index contributed by atoms with van der Waals surface area (Å²) in [5.41, 5.74) is 3.83. The molecule has 0 amide bonds. The Morgan fingerprint density at radius 3 is 2.62 bits per heavy atom. The molecule has 2 heterocycles. The number of sulfonamides is 1. The Morgan fingerprint density at radius 2 is 1.90 bits per heavy atom. The maximum absolute atomic E-state index is 13.6. The number of fused-ring (bicyclic) bond motifs is 2. The maximum Gasteiger partial charge on any atom is 0.337 e. The second-order valence-corrected chi connectivity index (χ2v) is 12.5. The van der Waals surface area contributed by atoms with Crippen LogP contribution in [0.4, 0.5) is 5.69 Å². The van der Waals surface area contributed by atoms with E-state index in [9.17, 15) is 18.3 Å². The van der Waals surface area contributed by atoms with Crippen molar-refractivity contribution >= 4 is 32.7 Å². The van der Waals surface area contributed by atoms with Crippen molar-refractivity contribution in [2.24, 2.45) is 0 Å². The Labute approximate surface area is 232 Å². The number of nitrogens with one attached hydrogen (secondary N) is 1. The summed E-state index contributed by atoms with van der Waals surface area (Å²) in [7, 11) is -4.15. The molecule has 0 aliphatic carbocycles. The number of benzene rings is 3. The number of hydrogen-bond acceptors (Lipinski definition) is 8. The molecule has 210 valence electrons. The number of hydrogen-bond donors (Lipinski definition) is 2. The molecule has 0 radical (unpaired) electrons. The number of rotatable bonds is 7. The molecule has 1 unspecified atom stereocenters. The van der Waals surface area contributed by atoms with Gasteiger partial charge in [-0.3, -0.25) is 4.72 Å². The summed E-state index contributed by atoms with van der Waals surface area (Å²) in [6.07, 6.45) is 0.368. The number of aryl methyl sites for hydroxylation is 2. The van der Waals surface area contributed by atoms with Crippen LogP contribution >= 0.6 is 0 Å². The molecule has 40 heavy (non-hydrogen) atoms. The Kier molecular flexibility index (Phi) is 7.05. The topological polar surface area (TPSA) is 141 Å². The first-order valence-corrected chi connectivity index (χ1v) is 14.4. The van der Waals surface area contributed by atoms with E-state index in [-0.39, 0.29) is 16.1 Å². The molecule has 2 N–H and O–H groups in total. The molecule has 0 saturated heterocycles. The number of anilines is 1. The Bertz CT molecular complexity index is 1720. The molecule has 3 aromatic carbocycles. The van der Waals surface area contributed by atoms with E-state index in [2.05, 4.69) is 15.0 Å². The van der Waals surface area contributed by atoms with E-state index in [1.165, 1.54) is 6.07 Å². The zero-order chi connectivity index (χ0) is 28.8. The molecule has 1 aliphatic rings. The lowest BCUT2D eigenvalue weighted by Gasteiger charge is -2.30. The van der Waals surface area contributed by atoms with Gasteiger partial charge >= 0.3 is 5.97 Å². The van der Waals surface area contributed by atoms with Crippen molar-refractivity contribution in [3.8, 4) is 16.9 Å². The predicted molar refractivity (Wildman–Crippen MR) is 149 cm³/mol. The molecule has 10 nitrogen and oxygen atoms in total. The van der Waals surface area contributed by atoms with Gasteiger partial charge in [-0.05, 0) is 116 Å². The van der Waals surface area contributed by atoms with Crippen LogP contribution in [0.5, 0.6) is 5.75 Å². The molecule has 5 rings (SSSR count). The lowest BCUT2D eigenvalue weighted by Crippen LogP contribution is -2.28. The largest absolute Gasteiger partial charge is 0.493 e. The number of carboxylic acid groups (broad SMARTS) is 1. The highest BCUT2D eigenvalue weighted by Gasteiger charge is 2.33. The highest BCUT2D eigenvalue weighted by Crippen LogP contribution is 2.42. The number of nitrogens with zero attached hydrogens (tertiary/aromatic N) is 2. The van der Waals surface area contributed by atoms with E-state index in [0.29, 0.717) is 34.4 Å². The number of carbonyl (C=O) groups is 1. The molecule has 11 heteroatoms. The fourth-order valence-electron chi connectivity index (χ4n) is 5.06. The van der Waals surface area contributed by atoms with E-state index < -0.39 is 27.7 Å². The molecular formula is C29H31N3O7S. The van der Waals surface area contributed by atoms with Crippen LogP contribution in [-0.2, 0) is 26.0 Å². The van der Waals surface area contributed by atoms with Gasteiger partial charge in [0.1, 0.15) is 16.2 Å². The van der Waals surface area contributed by atoms with E-state index in [1.54, 1.807) is 45.9 Å². The van der Waals surface area contributed by atoms with Crippen molar-refractivity contribution in [3.05, 3.63) is 64.7 Å². The Hall–Kier alpha value is -3.96. The smallest absolute Gasteiger partial charge is 0.337 e. The third-order valence-electron chi connectivity index (χ3n) is 6.77. The van der Waals surface area contributed by atoms with Crippen LogP contribution in [0, 0.1) is 13.8 Å². The average Bonchev–Trinajstić information content (AvgIpc) is 3.37. The van der Waals surface area contributed by atoms with Crippen molar-refractivity contribution in [2.75, 3.05) is 11.3 Å². The van der Waals surface area contributed by atoms with Gasteiger partial charge in [-0.2, -0.15) is 0 Å². The van der Waals surface area contributed by atoms with Crippen LogP contribution in [0.15, 0.2) is 52.0 Å². The van der Waals surface area contributed by atoms with Crippen LogP contribution in [0.1, 0.15) is 55.5 Å². The zero-order valence-corrected chi connectivity index (χ0v) is 23.8. The summed E-state index contributed by atoms with van der Waals surface area (Å²) >= 11 is 0. The third kappa shape index (κ3) is 5.26. The molecule has 4 aromatic rings. The van der Waals surface area contributed by atoms with Crippen molar-refractivity contribution < 1.29 is 32.4 Å². The van der Waals surface area contributed by atoms with Gasteiger partial charge in [0.05, 0.1) is 17.9 Å². The summed E-state index contributed by atoms with van der Waals surface area (Å²) in [6, 6.07) is 12.1. The Balaban J connectivity index is 1.70. The van der Waals surface area contributed by atoms with Gasteiger partial charge in [0, 0.05) is 5.56 Å². The standard InChI is InChI=1S/C29H31N3O7S/c1-16-14-21(32-40(35,36)23-10-6-9-20-26(23)31-39-30-20)17(2)25(27(28(33)34)38-29(3,4)5)24(16)19-11-12-22-18(15-19)8-7-13-37-22/h6,9-12,14-15,27,32H,7-8,13H2,1-5H3,(H,33,34). The van der Waals surface area contributed by atoms with E-state index in [4.69, 9.17) is 14.1 Å². The summed E-state index contributed by atoms with van der Waals surface area (Å²) in [5.74, 6) is -0.369. The number of aromatic nitrogens is 2. The molecule has 1 atom stereocenters. The van der Waals surface area contributed by atoms with Gasteiger partial charge in [-0.1, -0.05) is 12.1 Å². The lowest BCUT2D eigenvalue weighted by molar-refractivity contribution is -0.160. The van der Waals surface area contributed by atoms with E-state index >= 15 is 0 Å². The van der Waals surface area contributed by atoms with Crippen LogP contribution < -0.4 is 9.46 Å². The number of aliphatic carboxylic acids is 1. The van der Waals surface area contributed by atoms with Crippen LogP contribution in [-0.4, -0.2) is 42.0 Å². The number of ether oxygens (including phenoxy) is 2. The van der Waals surface area contributed by atoms with Crippen molar-refractivity contribution in [3.63, 3.8) is 0 Å². The minimum atomic E-state index is -4.15. The van der Waals surface area contributed by atoms with Crippen LogP contribution in [0.2, 0.25) is 0 Å². The second kappa shape index (κ2) is 10.2. The zero-order valence-electron chi connectivity index (χ0n) is 22.9. The molecular weight excluding hydrogens is 534 g/mol. The minimum absolute atomic E-state index is 0.0944. The first-order chi connectivity index (χ1) is 18.9. The summed E-state index contributed by atoms with van der Waals surface area (Å²) in [4.78, 5) is 12.6. The van der Waals surface area contributed by atoms with Crippen LogP contribution in [0.25, 0.3) is 22.2 Å². The summed E-state index contributed by atoms with van der Waals surface area (Å²) < 4.78 is 46.4. The highest BCUT2D eigenvalue weighted by atomic mass is 32.2. The summed E-state index contributed by atoms with van der Waals surface area (Å²) in [6.45, 7) is 9.51. The molecule has 0 bridgehead atoms. The van der Waals surface area contributed by atoms with E-state index in [0.717, 1.165) is 29.7 Å². The third-order valence-corrected chi connectivity index (χ3v) is 8.17. The second-order valence-electron chi connectivity index (χ2n) is 10.9.